The number of nitrogens with zero attached hydrogens (tertiary/aromatic N) is 4. The number of carbonyl (C=O) groups is 1. The summed E-state index contributed by atoms with van der Waals surface area (Å²) in [6.07, 6.45) is 2.27. The number of hydrogen-bond donors (Lipinski definition) is 1. The van der Waals surface area contributed by atoms with Crippen molar-refractivity contribution in [2.75, 3.05) is 14.2 Å². The predicted molar refractivity (Wildman–Crippen MR) is 68.3 cm³/mol. The summed E-state index contributed by atoms with van der Waals surface area (Å²) >= 11 is 0. The minimum atomic E-state index is -0.592. The van der Waals surface area contributed by atoms with E-state index in [0.29, 0.717) is 0 Å². The number of pyridine rings is 1. The molecule has 0 aliphatic rings. The maximum atomic E-state index is 13.0. The second kappa shape index (κ2) is 6.55. The molecule has 0 radical (unpaired) electrons. The SMILES string of the molecule is COc1nc(CNC(=O)c2cncc(F)c2)nc(OC)n1. The lowest BCUT2D eigenvalue weighted by atomic mass is 10.2. The van der Waals surface area contributed by atoms with Gasteiger partial charge >= 0.3 is 12.0 Å². The van der Waals surface area contributed by atoms with Crippen LogP contribution in [0.5, 0.6) is 12.0 Å². The van der Waals surface area contributed by atoms with Gasteiger partial charge in [-0.25, -0.2) is 4.39 Å². The Hall–Kier alpha value is -2.84. The minimum absolute atomic E-state index is 0.00455. The molecule has 0 bridgehead atoms. The zero-order valence-corrected chi connectivity index (χ0v) is 11.3. The third-order valence-electron chi connectivity index (χ3n) is 2.38. The Kier molecular flexibility index (Phi) is 4.54. The number of methoxy groups -OCH3 is 2. The number of nitrogens with one attached hydrogen (secondary N) is 1. The molecule has 0 unspecified atom stereocenters. The fraction of sp³-hybridized carbons (Fsp3) is 0.250. The van der Waals surface area contributed by atoms with Crippen molar-refractivity contribution in [3.63, 3.8) is 0 Å². The van der Waals surface area contributed by atoms with Gasteiger partial charge in [-0.3, -0.25) is 9.78 Å². The minimum Gasteiger partial charge on any atom is -0.467 e. The first kappa shape index (κ1) is 14.6. The average Bonchev–Trinajstić information content (AvgIpc) is 2.52. The standard InChI is InChI=1S/C12H12FN5O3/c1-20-11-16-9(17-12(18-11)21-2)6-15-10(19)7-3-8(13)5-14-4-7/h3-5H,6H2,1-2H3,(H,15,19). The largest absolute Gasteiger partial charge is 0.467 e. The van der Waals surface area contributed by atoms with E-state index in [4.69, 9.17) is 9.47 Å². The molecule has 0 aliphatic heterocycles. The number of carbonyl (C=O) groups excluding carboxylic acids is 1. The average molecular weight is 293 g/mol. The topological polar surface area (TPSA) is 99.1 Å². The molecular weight excluding hydrogens is 281 g/mol. The van der Waals surface area contributed by atoms with Crippen molar-refractivity contribution in [3.05, 3.63) is 35.7 Å². The molecule has 8 nitrogen and oxygen atoms in total. The summed E-state index contributed by atoms with van der Waals surface area (Å²) in [6, 6.07) is 1.22. The van der Waals surface area contributed by atoms with Crippen LogP contribution in [-0.4, -0.2) is 40.1 Å². The number of ether oxygens (including phenoxy) is 2. The predicted octanol–water partition coefficient (Wildman–Crippen LogP) is 0.353. The monoisotopic (exact) mass is 293 g/mol. The number of rotatable bonds is 5. The first-order valence-corrected chi connectivity index (χ1v) is 5.84. The van der Waals surface area contributed by atoms with Gasteiger partial charge in [0.25, 0.3) is 5.91 Å². The van der Waals surface area contributed by atoms with Crippen molar-refractivity contribution in [1.29, 1.82) is 0 Å². The van der Waals surface area contributed by atoms with Gasteiger partial charge in [-0.1, -0.05) is 0 Å². The van der Waals surface area contributed by atoms with E-state index in [9.17, 15) is 9.18 Å². The van der Waals surface area contributed by atoms with E-state index in [1.54, 1.807) is 0 Å². The normalized spacial score (nSPS) is 10.0. The molecule has 0 atom stereocenters. The van der Waals surface area contributed by atoms with Crippen LogP contribution in [0.25, 0.3) is 0 Å². The second-order valence-corrected chi connectivity index (χ2v) is 3.80. The van der Waals surface area contributed by atoms with E-state index < -0.39 is 11.7 Å². The van der Waals surface area contributed by atoms with Crippen LogP contribution in [0.3, 0.4) is 0 Å². The van der Waals surface area contributed by atoms with Gasteiger partial charge in [0.1, 0.15) is 5.82 Å². The van der Waals surface area contributed by atoms with Gasteiger partial charge in [-0.05, 0) is 6.07 Å². The highest BCUT2D eigenvalue weighted by Gasteiger charge is 2.10. The Morgan fingerprint density at radius 3 is 2.43 bits per heavy atom. The summed E-state index contributed by atoms with van der Waals surface area (Å²) in [6.45, 7) is 0.00455. The quantitative estimate of drug-likeness (QED) is 0.849. The fourth-order valence-electron chi connectivity index (χ4n) is 1.44. The van der Waals surface area contributed by atoms with Crippen LogP contribution in [0.2, 0.25) is 0 Å². The molecule has 0 saturated carbocycles. The first-order chi connectivity index (χ1) is 10.1. The van der Waals surface area contributed by atoms with Gasteiger partial charge in [-0.2, -0.15) is 9.97 Å². The fourth-order valence-corrected chi connectivity index (χ4v) is 1.44. The van der Waals surface area contributed by atoms with Crippen molar-refractivity contribution < 1.29 is 18.7 Å². The summed E-state index contributed by atoms with van der Waals surface area (Å²) in [5.41, 5.74) is 0.1000. The molecule has 2 rings (SSSR count). The van der Waals surface area contributed by atoms with E-state index in [0.717, 1.165) is 12.3 Å². The highest BCUT2D eigenvalue weighted by atomic mass is 19.1. The Balaban J connectivity index is 2.07. The van der Waals surface area contributed by atoms with Crippen molar-refractivity contribution in [3.8, 4) is 12.0 Å². The van der Waals surface area contributed by atoms with Crippen LogP contribution >= 0.6 is 0 Å². The van der Waals surface area contributed by atoms with E-state index in [1.807, 2.05) is 0 Å². The van der Waals surface area contributed by atoms with Gasteiger partial charge in [0.15, 0.2) is 5.82 Å². The summed E-state index contributed by atoms with van der Waals surface area (Å²) in [7, 11) is 2.80. The Bertz CT molecular complexity index is 630. The number of aromatic nitrogens is 4. The van der Waals surface area contributed by atoms with Crippen molar-refractivity contribution in [2.24, 2.45) is 0 Å². The zero-order chi connectivity index (χ0) is 15.2. The van der Waals surface area contributed by atoms with E-state index in [2.05, 4.69) is 25.3 Å². The molecule has 0 fully saturated rings. The van der Waals surface area contributed by atoms with Gasteiger partial charge < -0.3 is 14.8 Å². The van der Waals surface area contributed by atoms with Crippen LogP contribution in [0.1, 0.15) is 16.2 Å². The molecule has 21 heavy (non-hydrogen) atoms. The Morgan fingerprint density at radius 2 is 1.86 bits per heavy atom. The molecule has 2 aromatic heterocycles. The van der Waals surface area contributed by atoms with E-state index in [1.165, 1.54) is 20.4 Å². The smallest absolute Gasteiger partial charge is 0.322 e. The maximum absolute atomic E-state index is 13.0. The van der Waals surface area contributed by atoms with Gasteiger partial charge in [0, 0.05) is 6.20 Å². The molecule has 9 heteroatoms. The highest BCUT2D eigenvalue weighted by molar-refractivity contribution is 5.93. The lowest BCUT2D eigenvalue weighted by molar-refractivity contribution is 0.0948. The molecule has 0 spiro atoms. The van der Waals surface area contributed by atoms with Crippen LogP contribution in [0, 0.1) is 5.82 Å². The molecule has 1 N–H and O–H groups in total. The first-order valence-electron chi connectivity index (χ1n) is 5.84. The molecule has 1 amide bonds. The molecule has 2 aromatic rings. The number of hydrogen-bond acceptors (Lipinski definition) is 7. The third-order valence-corrected chi connectivity index (χ3v) is 2.38. The molecule has 0 aromatic carbocycles. The highest BCUT2D eigenvalue weighted by Crippen LogP contribution is 2.08. The van der Waals surface area contributed by atoms with Crippen molar-refractivity contribution >= 4 is 5.91 Å². The van der Waals surface area contributed by atoms with Crippen molar-refractivity contribution in [1.82, 2.24) is 25.3 Å². The Morgan fingerprint density at radius 1 is 1.19 bits per heavy atom. The summed E-state index contributed by atoms with van der Waals surface area (Å²) in [5.74, 6) is -0.845. The molecule has 2 heterocycles. The zero-order valence-electron chi connectivity index (χ0n) is 11.3. The maximum Gasteiger partial charge on any atom is 0.322 e. The lowest BCUT2D eigenvalue weighted by Crippen LogP contribution is -2.24. The van der Waals surface area contributed by atoms with Gasteiger partial charge in [0.05, 0.1) is 32.5 Å². The third kappa shape index (κ3) is 3.81. The lowest BCUT2D eigenvalue weighted by Gasteiger charge is -2.06. The van der Waals surface area contributed by atoms with Crippen molar-refractivity contribution in [2.45, 2.75) is 6.54 Å². The summed E-state index contributed by atoms with van der Waals surface area (Å²) in [5, 5.41) is 2.54. The number of amides is 1. The van der Waals surface area contributed by atoms with Crippen LogP contribution < -0.4 is 14.8 Å². The Labute approximate surface area is 119 Å². The molecular formula is C12H12FN5O3. The van der Waals surface area contributed by atoms with Crippen LogP contribution in [0.4, 0.5) is 4.39 Å². The summed E-state index contributed by atoms with van der Waals surface area (Å²) < 4.78 is 22.8. The van der Waals surface area contributed by atoms with Crippen LogP contribution in [0.15, 0.2) is 18.5 Å². The van der Waals surface area contributed by atoms with E-state index >= 15 is 0 Å². The molecule has 0 saturated heterocycles. The second-order valence-electron chi connectivity index (χ2n) is 3.80. The van der Waals surface area contributed by atoms with Gasteiger partial charge in [-0.15, -0.1) is 4.98 Å². The van der Waals surface area contributed by atoms with Gasteiger partial charge in [0.2, 0.25) is 0 Å². The summed E-state index contributed by atoms with van der Waals surface area (Å²) in [4.78, 5) is 27.2. The van der Waals surface area contributed by atoms with Crippen LogP contribution in [-0.2, 0) is 6.54 Å². The number of halogens is 1. The molecule has 0 aliphatic carbocycles. The van der Waals surface area contributed by atoms with E-state index in [-0.39, 0.29) is 30.0 Å². The molecule has 110 valence electrons.